The molecule has 5 heteroatoms. The van der Waals surface area contributed by atoms with E-state index < -0.39 is 6.09 Å². The van der Waals surface area contributed by atoms with Crippen molar-refractivity contribution in [1.29, 1.82) is 0 Å². The SMILES string of the molecule is O=C1Oc2nc3ccccc3cc2CN1Cc1ccco1. The highest BCUT2D eigenvalue weighted by molar-refractivity contribution is 5.82. The fourth-order valence-electron chi connectivity index (χ4n) is 2.47. The molecule has 1 aromatic carbocycles. The van der Waals surface area contributed by atoms with Crippen LogP contribution in [0.15, 0.2) is 53.1 Å². The average molecular weight is 280 g/mol. The number of ether oxygens (including phenoxy) is 1. The van der Waals surface area contributed by atoms with Gasteiger partial charge in [-0.3, -0.25) is 4.90 Å². The van der Waals surface area contributed by atoms with E-state index in [-0.39, 0.29) is 0 Å². The number of aromatic nitrogens is 1. The zero-order chi connectivity index (χ0) is 14.2. The standard InChI is InChI=1S/C16H12N2O3/c19-16-18(10-13-5-3-7-20-13)9-12-8-11-4-1-2-6-14(11)17-15(12)21-16/h1-8H,9-10H2. The van der Waals surface area contributed by atoms with Gasteiger partial charge in [-0.25, -0.2) is 9.78 Å². The first-order chi connectivity index (χ1) is 10.3. The summed E-state index contributed by atoms with van der Waals surface area (Å²) >= 11 is 0. The van der Waals surface area contributed by atoms with E-state index in [4.69, 9.17) is 9.15 Å². The van der Waals surface area contributed by atoms with Gasteiger partial charge in [0.1, 0.15) is 5.76 Å². The third kappa shape index (κ3) is 2.12. The Morgan fingerprint density at radius 1 is 1.19 bits per heavy atom. The number of fused-ring (bicyclic) bond motifs is 2. The molecule has 0 saturated heterocycles. The lowest BCUT2D eigenvalue weighted by molar-refractivity contribution is 0.129. The quantitative estimate of drug-likeness (QED) is 0.722. The zero-order valence-corrected chi connectivity index (χ0v) is 11.2. The molecule has 3 heterocycles. The normalized spacial score (nSPS) is 14.1. The molecule has 104 valence electrons. The Morgan fingerprint density at radius 3 is 2.95 bits per heavy atom. The molecule has 2 aromatic heterocycles. The number of rotatable bonds is 2. The van der Waals surface area contributed by atoms with E-state index in [1.165, 1.54) is 0 Å². The Labute approximate surface area is 120 Å². The predicted molar refractivity (Wildman–Crippen MR) is 75.7 cm³/mol. The summed E-state index contributed by atoms with van der Waals surface area (Å²) in [6, 6.07) is 13.4. The van der Waals surface area contributed by atoms with Crippen LogP contribution in [0.3, 0.4) is 0 Å². The van der Waals surface area contributed by atoms with Crippen LogP contribution in [0.4, 0.5) is 4.79 Å². The lowest BCUT2D eigenvalue weighted by Crippen LogP contribution is -2.36. The van der Waals surface area contributed by atoms with Gasteiger partial charge in [0.15, 0.2) is 0 Å². The zero-order valence-electron chi connectivity index (χ0n) is 11.2. The van der Waals surface area contributed by atoms with E-state index in [1.54, 1.807) is 17.2 Å². The number of carbonyl (C=O) groups excluding carboxylic acids is 1. The number of benzene rings is 1. The third-order valence-corrected chi connectivity index (χ3v) is 3.49. The van der Waals surface area contributed by atoms with E-state index in [2.05, 4.69) is 4.98 Å². The highest BCUT2D eigenvalue weighted by Gasteiger charge is 2.27. The van der Waals surface area contributed by atoms with Crippen molar-refractivity contribution in [3.63, 3.8) is 0 Å². The maximum atomic E-state index is 12.0. The molecule has 5 nitrogen and oxygen atoms in total. The Kier molecular flexibility index (Phi) is 2.64. The highest BCUT2D eigenvalue weighted by atomic mass is 16.6. The number of amides is 1. The largest absolute Gasteiger partial charge is 0.467 e. The summed E-state index contributed by atoms with van der Waals surface area (Å²) in [7, 11) is 0. The highest BCUT2D eigenvalue weighted by Crippen LogP contribution is 2.28. The molecule has 0 saturated carbocycles. The average Bonchev–Trinajstić information content (AvgIpc) is 2.99. The number of nitrogens with zero attached hydrogens (tertiary/aromatic N) is 2. The van der Waals surface area contributed by atoms with Crippen molar-refractivity contribution >= 4 is 17.0 Å². The Morgan fingerprint density at radius 2 is 2.10 bits per heavy atom. The fraction of sp³-hybridized carbons (Fsp3) is 0.125. The van der Waals surface area contributed by atoms with Gasteiger partial charge in [0.05, 0.1) is 24.9 Å². The molecule has 1 aliphatic rings. The van der Waals surface area contributed by atoms with Gasteiger partial charge in [-0.15, -0.1) is 0 Å². The molecule has 0 atom stereocenters. The van der Waals surface area contributed by atoms with Crippen molar-refractivity contribution in [3.8, 4) is 5.88 Å². The van der Waals surface area contributed by atoms with Gasteiger partial charge in [-0.1, -0.05) is 18.2 Å². The molecule has 21 heavy (non-hydrogen) atoms. The second-order valence-electron chi connectivity index (χ2n) is 4.95. The van der Waals surface area contributed by atoms with Gasteiger partial charge >= 0.3 is 6.09 Å². The van der Waals surface area contributed by atoms with Crippen LogP contribution in [0.1, 0.15) is 11.3 Å². The Balaban J connectivity index is 1.69. The molecule has 3 aromatic rings. The molecule has 0 fully saturated rings. The number of pyridine rings is 1. The number of para-hydroxylation sites is 1. The molecule has 0 N–H and O–H groups in total. The van der Waals surface area contributed by atoms with Crippen molar-refractivity contribution in [1.82, 2.24) is 9.88 Å². The first-order valence-corrected chi connectivity index (χ1v) is 6.67. The van der Waals surface area contributed by atoms with E-state index >= 15 is 0 Å². The number of furan rings is 1. The minimum Gasteiger partial charge on any atom is -0.467 e. The number of carbonyl (C=O) groups is 1. The van der Waals surface area contributed by atoms with E-state index in [1.807, 2.05) is 36.4 Å². The summed E-state index contributed by atoms with van der Waals surface area (Å²) in [6.45, 7) is 0.852. The number of hydrogen-bond acceptors (Lipinski definition) is 4. The van der Waals surface area contributed by atoms with E-state index in [0.717, 1.165) is 22.2 Å². The monoisotopic (exact) mass is 280 g/mol. The molecular formula is C16H12N2O3. The molecule has 0 spiro atoms. The van der Waals surface area contributed by atoms with Crippen LogP contribution in [-0.2, 0) is 13.1 Å². The summed E-state index contributed by atoms with van der Waals surface area (Å²) in [6.07, 6.45) is 1.19. The minimum atomic E-state index is -0.401. The van der Waals surface area contributed by atoms with Gasteiger partial charge in [0.2, 0.25) is 5.88 Å². The first-order valence-electron chi connectivity index (χ1n) is 6.67. The molecule has 0 radical (unpaired) electrons. The van der Waals surface area contributed by atoms with Crippen LogP contribution in [0.5, 0.6) is 5.88 Å². The van der Waals surface area contributed by atoms with Gasteiger partial charge in [-0.05, 0) is 24.3 Å². The lowest BCUT2D eigenvalue weighted by atomic mass is 10.1. The van der Waals surface area contributed by atoms with Crippen LogP contribution >= 0.6 is 0 Å². The molecule has 0 unspecified atom stereocenters. The summed E-state index contributed by atoms with van der Waals surface area (Å²) < 4.78 is 10.6. The minimum absolute atomic E-state index is 0.387. The Bertz CT molecular complexity index is 812. The van der Waals surface area contributed by atoms with Gasteiger partial charge < -0.3 is 9.15 Å². The van der Waals surface area contributed by atoms with Crippen LogP contribution in [0.25, 0.3) is 10.9 Å². The van der Waals surface area contributed by atoms with Crippen LogP contribution in [0, 0.1) is 0 Å². The molecule has 1 aliphatic heterocycles. The van der Waals surface area contributed by atoms with Crippen LogP contribution in [0.2, 0.25) is 0 Å². The maximum absolute atomic E-state index is 12.0. The molecular weight excluding hydrogens is 268 g/mol. The van der Waals surface area contributed by atoms with Crippen molar-refractivity contribution in [3.05, 3.63) is 60.1 Å². The fourth-order valence-corrected chi connectivity index (χ4v) is 2.47. The smallest absolute Gasteiger partial charge is 0.417 e. The van der Waals surface area contributed by atoms with Gasteiger partial charge in [0, 0.05) is 10.9 Å². The van der Waals surface area contributed by atoms with Crippen molar-refractivity contribution in [2.75, 3.05) is 0 Å². The molecule has 0 bridgehead atoms. The summed E-state index contributed by atoms with van der Waals surface area (Å²) in [5.74, 6) is 1.12. The summed E-state index contributed by atoms with van der Waals surface area (Å²) in [5, 5.41) is 1.03. The lowest BCUT2D eigenvalue weighted by Gasteiger charge is -2.26. The Hall–Kier alpha value is -2.82. The summed E-state index contributed by atoms with van der Waals surface area (Å²) in [4.78, 5) is 18.0. The van der Waals surface area contributed by atoms with Gasteiger partial charge in [0.25, 0.3) is 0 Å². The number of hydrogen-bond donors (Lipinski definition) is 0. The molecule has 0 aliphatic carbocycles. The van der Waals surface area contributed by atoms with Crippen LogP contribution < -0.4 is 4.74 Å². The van der Waals surface area contributed by atoms with Crippen LogP contribution in [-0.4, -0.2) is 16.0 Å². The molecule has 1 amide bonds. The van der Waals surface area contributed by atoms with Crippen molar-refractivity contribution in [2.45, 2.75) is 13.1 Å². The maximum Gasteiger partial charge on any atom is 0.417 e. The molecule has 4 rings (SSSR count). The van der Waals surface area contributed by atoms with Crippen molar-refractivity contribution < 1.29 is 13.9 Å². The van der Waals surface area contributed by atoms with Crippen molar-refractivity contribution in [2.24, 2.45) is 0 Å². The van der Waals surface area contributed by atoms with E-state index in [9.17, 15) is 4.79 Å². The predicted octanol–water partition coefficient (Wildman–Crippen LogP) is 3.34. The third-order valence-electron chi connectivity index (χ3n) is 3.49. The first kappa shape index (κ1) is 12.0. The van der Waals surface area contributed by atoms with Gasteiger partial charge in [-0.2, -0.15) is 0 Å². The summed E-state index contributed by atoms with van der Waals surface area (Å²) in [5.41, 5.74) is 1.73. The second kappa shape index (κ2) is 4.63. The second-order valence-corrected chi connectivity index (χ2v) is 4.95. The topological polar surface area (TPSA) is 55.6 Å². The van der Waals surface area contributed by atoms with E-state index in [0.29, 0.717) is 19.0 Å².